The lowest BCUT2D eigenvalue weighted by Gasteiger charge is -2.43. The Labute approximate surface area is 141 Å². The second-order valence-corrected chi connectivity index (χ2v) is 8.27. The van der Waals surface area contributed by atoms with Crippen molar-refractivity contribution in [3.8, 4) is 0 Å². The van der Waals surface area contributed by atoms with Crippen LogP contribution in [0.4, 0.5) is 19.0 Å². The highest BCUT2D eigenvalue weighted by Gasteiger charge is 2.47. The van der Waals surface area contributed by atoms with Crippen molar-refractivity contribution in [2.24, 2.45) is 11.1 Å². The summed E-state index contributed by atoms with van der Waals surface area (Å²) in [4.78, 5) is 12.0. The zero-order valence-corrected chi connectivity index (χ0v) is 14.2. The SMILES string of the molecule is Cc1nc(N2CCC3(CC(N)C3)C2)c2cc(CC(F)(F)F)sc2n1. The molecule has 130 valence electrons. The summed E-state index contributed by atoms with van der Waals surface area (Å²) < 4.78 is 38.1. The number of nitrogens with two attached hydrogens (primary N) is 1. The molecule has 2 N–H and O–H groups in total. The normalized spacial score (nSPS) is 27.2. The highest BCUT2D eigenvalue weighted by Crippen LogP contribution is 2.49. The minimum atomic E-state index is -4.21. The molecule has 0 atom stereocenters. The van der Waals surface area contributed by atoms with Gasteiger partial charge in [-0.25, -0.2) is 9.97 Å². The van der Waals surface area contributed by atoms with Gasteiger partial charge < -0.3 is 10.6 Å². The van der Waals surface area contributed by atoms with Crippen molar-refractivity contribution < 1.29 is 13.2 Å². The smallest absolute Gasteiger partial charge is 0.355 e. The van der Waals surface area contributed by atoms with Gasteiger partial charge in [-0.1, -0.05) is 0 Å². The summed E-state index contributed by atoms with van der Waals surface area (Å²) in [6, 6.07) is 1.90. The first-order valence-corrected chi connectivity index (χ1v) is 8.89. The zero-order valence-electron chi connectivity index (χ0n) is 13.4. The van der Waals surface area contributed by atoms with Crippen LogP contribution in [0.15, 0.2) is 6.07 Å². The van der Waals surface area contributed by atoms with E-state index in [1.165, 1.54) is 0 Å². The molecule has 0 aromatic carbocycles. The third kappa shape index (κ3) is 2.86. The Morgan fingerprint density at radius 3 is 2.79 bits per heavy atom. The molecule has 2 fully saturated rings. The molecule has 1 aliphatic carbocycles. The number of rotatable bonds is 2. The van der Waals surface area contributed by atoms with Crippen molar-refractivity contribution in [3.63, 3.8) is 0 Å². The number of nitrogens with zero attached hydrogens (tertiary/aromatic N) is 3. The van der Waals surface area contributed by atoms with Crippen LogP contribution in [0.5, 0.6) is 0 Å². The van der Waals surface area contributed by atoms with Crippen molar-refractivity contribution >= 4 is 27.4 Å². The van der Waals surface area contributed by atoms with E-state index >= 15 is 0 Å². The van der Waals surface area contributed by atoms with Gasteiger partial charge in [-0.05, 0) is 37.7 Å². The maximum absolute atomic E-state index is 12.7. The molecule has 2 aromatic heterocycles. The van der Waals surface area contributed by atoms with E-state index in [-0.39, 0.29) is 11.5 Å². The fourth-order valence-electron chi connectivity index (χ4n) is 4.09. The molecule has 24 heavy (non-hydrogen) atoms. The summed E-state index contributed by atoms with van der Waals surface area (Å²) in [5.41, 5.74) is 6.22. The zero-order chi connectivity index (χ0) is 17.1. The molecule has 0 radical (unpaired) electrons. The number of hydrogen-bond acceptors (Lipinski definition) is 5. The first kappa shape index (κ1) is 16.1. The number of alkyl halides is 3. The maximum Gasteiger partial charge on any atom is 0.393 e. The molecule has 0 unspecified atom stereocenters. The van der Waals surface area contributed by atoms with Gasteiger partial charge in [0.15, 0.2) is 0 Å². The van der Waals surface area contributed by atoms with Crippen molar-refractivity contribution in [2.75, 3.05) is 18.0 Å². The third-order valence-electron chi connectivity index (χ3n) is 5.04. The lowest BCUT2D eigenvalue weighted by atomic mass is 9.65. The van der Waals surface area contributed by atoms with Crippen LogP contribution in [0.1, 0.15) is 30.0 Å². The standard InChI is InChI=1S/C16H19F3N4S/c1-9-21-13(23-3-2-15(8-23)5-10(20)6-15)12-4-11(7-16(17,18)19)24-14(12)22-9/h4,10H,2-3,5-8,20H2,1H3. The summed E-state index contributed by atoms with van der Waals surface area (Å²) in [7, 11) is 0. The molecule has 3 heterocycles. The summed E-state index contributed by atoms with van der Waals surface area (Å²) in [5.74, 6) is 1.38. The van der Waals surface area contributed by atoms with Gasteiger partial charge in [0.1, 0.15) is 16.5 Å². The number of hydrogen-bond donors (Lipinski definition) is 1. The van der Waals surface area contributed by atoms with Gasteiger partial charge in [-0.15, -0.1) is 11.3 Å². The minimum absolute atomic E-state index is 0.273. The quantitative estimate of drug-likeness (QED) is 0.896. The summed E-state index contributed by atoms with van der Waals surface area (Å²) in [6.07, 6.45) is -1.99. The number of fused-ring (bicyclic) bond motifs is 1. The number of aryl methyl sites for hydroxylation is 1. The molecule has 0 amide bonds. The van der Waals surface area contributed by atoms with E-state index < -0.39 is 12.6 Å². The third-order valence-corrected chi connectivity index (χ3v) is 6.07. The van der Waals surface area contributed by atoms with E-state index in [9.17, 15) is 13.2 Å². The van der Waals surface area contributed by atoms with Crippen molar-refractivity contribution in [1.29, 1.82) is 0 Å². The fraction of sp³-hybridized carbons (Fsp3) is 0.625. The Kier molecular flexibility index (Phi) is 3.55. The van der Waals surface area contributed by atoms with Crippen LogP contribution < -0.4 is 10.6 Å². The Balaban J connectivity index is 1.67. The topological polar surface area (TPSA) is 55.0 Å². The number of anilines is 1. The van der Waals surface area contributed by atoms with Crippen LogP contribution in [0.3, 0.4) is 0 Å². The summed E-state index contributed by atoms with van der Waals surface area (Å²) in [5, 5.41) is 0.741. The van der Waals surface area contributed by atoms with Crippen LogP contribution in [0.2, 0.25) is 0 Å². The fourth-order valence-corrected chi connectivity index (χ4v) is 5.19. The molecule has 1 saturated heterocycles. The second-order valence-electron chi connectivity index (χ2n) is 7.16. The van der Waals surface area contributed by atoms with Gasteiger partial charge in [0.2, 0.25) is 0 Å². The van der Waals surface area contributed by atoms with Crippen LogP contribution in [-0.4, -0.2) is 35.3 Å². The van der Waals surface area contributed by atoms with Crippen LogP contribution in [0, 0.1) is 12.3 Å². The van der Waals surface area contributed by atoms with Gasteiger partial charge >= 0.3 is 6.18 Å². The average Bonchev–Trinajstić information content (AvgIpc) is 2.99. The summed E-state index contributed by atoms with van der Waals surface area (Å²) >= 11 is 1.11. The van der Waals surface area contributed by atoms with Crippen molar-refractivity contribution in [1.82, 2.24) is 9.97 Å². The molecule has 1 aliphatic heterocycles. The van der Waals surface area contributed by atoms with Gasteiger partial charge in [0.25, 0.3) is 0 Å². The monoisotopic (exact) mass is 356 g/mol. The predicted molar refractivity (Wildman–Crippen MR) is 88.4 cm³/mol. The summed E-state index contributed by atoms with van der Waals surface area (Å²) in [6.45, 7) is 3.55. The van der Waals surface area contributed by atoms with Crippen LogP contribution in [0.25, 0.3) is 10.2 Å². The number of aromatic nitrogens is 2. The molecule has 0 bridgehead atoms. The Hall–Kier alpha value is -1.41. The Morgan fingerprint density at radius 1 is 1.38 bits per heavy atom. The van der Waals surface area contributed by atoms with E-state index in [2.05, 4.69) is 14.9 Å². The molecule has 4 rings (SSSR count). The van der Waals surface area contributed by atoms with Gasteiger partial charge in [0.05, 0.1) is 11.8 Å². The molecular formula is C16H19F3N4S. The molecule has 4 nitrogen and oxygen atoms in total. The molecule has 2 aliphatic rings. The van der Waals surface area contributed by atoms with E-state index in [1.807, 2.05) is 0 Å². The lowest BCUT2D eigenvalue weighted by Crippen LogP contribution is -2.47. The molecule has 1 spiro atoms. The predicted octanol–water partition coefficient (Wildman–Crippen LogP) is 3.42. The van der Waals surface area contributed by atoms with E-state index in [1.54, 1.807) is 13.0 Å². The number of thiophene rings is 1. The molecular weight excluding hydrogens is 337 g/mol. The van der Waals surface area contributed by atoms with E-state index in [4.69, 9.17) is 5.73 Å². The van der Waals surface area contributed by atoms with E-state index in [0.29, 0.717) is 15.5 Å². The van der Waals surface area contributed by atoms with Gasteiger partial charge in [-0.2, -0.15) is 13.2 Å². The number of halogens is 3. The molecule has 1 saturated carbocycles. The van der Waals surface area contributed by atoms with Gasteiger partial charge in [-0.3, -0.25) is 0 Å². The van der Waals surface area contributed by atoms with Crippen molar-refractivity contribution in [2.45, 2.75) is 44.8 Å². The molecule has 8 heteroatoms. The Bertz CT molecular complexity index is 779. The van der Waals surface area contributed by atoms with Crippen molar-refractivity contribution in [3.05, 3.63) is 16.8 Å². The molecule has 2 aromatic rings. The average molecular weight is 356 g/mol. The second kappa shape index (κ2) is 5.29. The van der Waals surface area contributed by atoms with Crippen LogP contribution >= 0.6 is 11.3 Å². The van der Waals surface area contributed by atoms with Crippen LogP contribution in [-0.2, 0) is 6.42 Å². The highest BCUT2D eigenvalue weighted by atomic mass is 32.1. The highest BCUT2D eigenvalue weighted by molar-refractivity contribution is 7.18. The van der Waals surface area contributed by atoms with E-state index in [0.717, 1.165) is 54.9 Å². The Morgan fingerprint density at radius 2 is 2.12 bits per heavy atom. The van der Waals surface area contributed by atoms with Gasteiger partial charge in [0, 0.05) is 24.0 Å². The largest absolute Gasteiger partial charge is 0.393 e. The first-order chi connectivity index (χ1) is 11.2. The first-order valence-electron chi connectivity index (χ1n) is 8.07. The maximum atomic E-state index is 12.7. The lowest BCUT2D eigenvalue weighted by molar-refractivity contribution is -0.126. The minimum Gasteiger partial charge on any atom is -0.355 e.